The summed E-state index contributed by atoms with van der Waals surface area (Å²) in [6.07, 6.45) is 3.01. The van der Waals surface area contributed by atoms with Gasteiger partial charge in [-0.25, -0.2) is 0 Å². The van der Waals surface area contributed by atoms with E-state index < -0.39 is 0 Å². The molecule has 1 aromatic rings. The van der Waals surface area contributed by atoms with Crippen molar-refractivity contribution in [2.45, 2.75) is 32.2 Å². The number of carbonyl (C=O) groups excluding carboxylic acids is 1. The average molecular weight is 285 g/mol. The minimum atomic E-state index is -0.180. The van der Waals surface area contributed by atoms with Crippen LogP contribution in [0.5, 0.6) is 5.75 Å². The Morgan fingerprint density at radius 3 is 2.84 bits per heavy atom. The number of halogens is 1. The topological polar surface area (TPSA) is 64.3 Å². The molecule has 0 bridgehead atoms. The summed E-state index contributed by atoms with van der Waals surface area (Å²) < 4.78 is 5.17. The number of nitrogens with one attached hydrogen (secondary N) is 1. The fourth-order valence-corrected chi connectivity index (χ4v) is 1.98. The first-order valence-electron chi connectivity index (χ1n) is 6.46. The number of carbonyl (C=O) groups is 1. The van der Waals surface area contributed by atoms with Crippen molar-refractivity contribution in [3.8, 4) is 5.75 Å². The summed E-state index contributed by atoms with van der Waals surface area (Å²) in [5.74, 6) is 0.288. The van der Waals surface area contributed by atoms with Crippen molar-refractivity contribution >= 4 is 17.5 Å². The van der Waals surface area contributed by atoms with E-state index in [-0.39, 0.29) is 11.9 Å². The molecule has 0 saturated carbocycles. The summed E-state index contributed by atoms with van der Waals surface area (Å²) in [5.41, 5.74) is 6.14. The van der Waals surface area contributed by atoms with E-state index in [0.717, 1.165) is 19.3 Å². The molecule has 1 aromatic carbocycles. The molecule has 106 valence electrons. The second kappa shape index (κ2) is 8.02. The summed E-state index contributed by atoms with van der Waals surface area (Å²) >= 11 is 5.87. The van der Waals surface area contributed by atoms with Gasteiger partial charge in [0.05, 0.1) is 12.7 Å². The third-order valence-corrected chi connectivity index (χ3v) is 3.17. The first kappa shape index (κ1) is 15.8. The molecule has 1 amide bonds. The van der Waals surface area contributed by atoms with Crippen LogP contribution in [-0.2, 0) is 0 Å². The van der Waals surface area contributed by atoms with Gasteiger partial charge in [0.1, 0.15) is 5.75 Å². The Morgan fingerprint density at radius 1 is 1.53 bits per heavy atom. The molecule has 0 heterocycles. The predicted molar refractivity (Wildman–Crippen MR) is 77.8 cm³/mol. The fourth-order valence-electron chi connectivity index (χ4n) is 1.82. The Bertz CT molecular complexity index is 424. The molecule has 0 saturated heterocycles. The van der Waals surface area contributed by atoms with Gasteiger partial charge in [0, 0.05) is 17.6 Å². The zero-order chi connectivity index (χ0) is 14.3. The third kappa shape index (κ3) is 4.73. The number of benzene rings is 1. The number of hydrogen-bond donors (Lipinski definition) is 2. The molecule has 1 rings (SSSR count). The smallest absolute Gasteiger partial charge is 0.255 e. The molecular formula is C14H21ClN2O2. The monoisotopic (exact) mass is 284 g/mol. The maximum Gasteiger partial charge on any atom is 0.255 e. The summed E-state index contributed by atoms with van der Waals surface area (Å²) in [5, 5.41) is 3.46. The highest BCUT2D eigenvalue weighted by Crippen LogP contribution is 2.23. The lowest BCUT2D eigenvalue weighted by Gasteiger charge is -2.17. The van der Waals surface area contributed by atoms with Crippen molar-refractivity contribution in [2.24, 2.45) is 5.73 Å². The summed E-state index contributed by atoms with van der Waals surface area (Å²) in [7, 11) is 1.51. The van der Waals surface area contributed by atoms with E-state index >= 15 is 0 Å². The number of amides is 1. The lowest BCUT2D eigenvalue weighted by atomic mass is 10.1. The maximum atomic E-state index is 12.2. The lowest BCUT2D eigenvalue weighted by molar-refractivity contribution is 0.0932. The van der Waals surface area contributed by atoms with Crippen LogP contribution in [0.3, 0.4) is 0 Å². The third-order valence-electron chi connectivity index (χ3n) is 2.93. The van der Waals surface area contributed by atoms with Crippen molar-refractivity contribution in [3.63, 3.8) is 0 Å². The number of nitrogens with two attached hydrogens (primary N) is 1. The van der Waals surface area contributed by atoms with Crippen molar-refractivity contribution in [3.05, 3.63) is 28.8 Å². The largest absolute Gasteiger partial charge is 0.496 e. The van der Waals surface area contributed by atoms with Crippen LogP contribution in [-0.4, -0.2) is 25.6 Å². The zero-order valence-electron chi connectivity index (χ0n) is 11.4. The minimum absolute atomic E-state index is 0.00664. The molecule has 0 aromatic heterocycles. The van der Waals surface area contributed by atoms with Crippen molar-refractivity contribution in [1.29, 1.82) is 0 Å². The lowest BCUT2D eigenvalue weighted by Crippen LogP contribution is -2.40. The van der Waals surface area contributed by atoms with E-state index in [2.05, 4.69) is 12.2 Å². The normalized spacial score (nSPS) is 12.0. The number of ether oxygens (including phenoxy) is 1. The van der Waals surface area contributed by atoms with E-state index in [1.807, 2.05) is 0 Å². The van der Waals surface area contributed by atoms with Gasteiger partial charge in [-0.1, -0.05) is 31.4 Å². The molecule has 5 heteroatoms. The minimum Gasteiger partial charge on any atom is -0.496 e. The van der Waals surface area contributed by atoms with Gasteiger partial charge < -0.3 is 15.8 Å². The van der Waals surface area contributed by atoms with Crippen LogP contribution in [0, 0.1) is 0 Å². The molecule has 0 aliphatic rings. The standard InChI is InChI=1S/C14H21ClN2O2/c1-3-4-5-11(9-16)17-14(18)12-7-6-10(15)8-13(12)19-2/h6-8,11H,3-5,9,16H2,1-2H3,(H,17,18). The molecule has 1 atom stereocenters. The van der Waals surface area contributed by atoms with Crippen molar-refractivity contribution in [2.75, 3.05) is 13.7 Å². The van der Waals surface area contributed by atoms with Crippen LogP contribution in [0.2, 0.25) is 5.02 Å². The Balaban J connectivity index is 2.76. The van der Waals surface area contributed by atoms with Crippen LogP contribution in [0.25, 0.3) is 0 Å². The fraction of sp³-hybridized carbons (Fsp3) is 0.500. The van der Waals surface area contributed by atoms with E-state index in [4.69, 9.17) is 22.1 Å². The van der Waals surface area contributed by atoms with Gasteiger partial charge in [-0.2, -0.15) is 0 Å². The molecule has 1 unspecified atom stereocenters. The SMILES string of the molecule is CCCCC(CN)NC(=O)c1ccc(Cl)cc1OC. The molecule has 0 spiro atoms. The number of methoxy groups -OCH3 is 1. The van der Waals surface area contributed by atoms with E-state index in [9.17, 15) is 4.79 Å². The van der Waals surface area contributed by atoms with Gasteiger partial charge in [-0.05, 0) is 24.6 Å². The molecule has 0 fully saturated rings. The Morgan fingerprint density at radius 2 is 2.26 bits per heavy atom. The van der Waals surface area contributed by atoms with Crippen molar-refractivity contribution < 1.29 is 9.53 Å². The van der Waals surface area contributed by atoms with Gasteiger partial charge in [0.25, 0.3) is 5.91 Å². The van der Waals surface area contributed by atoms with Crippen molar-refractivity contribution in [1.82, 2.24) is 5.32 Å². The van der Waals surface area contributed by atoms with Crippen LogP contribution in [0.1, 0.15) is 36.5 Å². The molecular weight excluding hydrogens is 264 g/mol. The highest BCUT2D eigenvalue weighted by Gasteiger charge is 2.16. The van der Waals surface area contributed by atoms with Crippen LogP contribution in [0.4, 0.5) is 0 Å². The Hall–Kier alpha value is -1.26. The molecule has 0 aliphatic carbocycles. The van der Waals surface area contributed by atoms with Gasteiger partial charge >= 0.3 is 0 Å². The highest BCUT2D eigenvalue weighted by molar-refractivity contribution is 6.30. The van der Waals surface area contributed by atoms with Gasteiger partial charge in [0.15, 0.2) is 0 Å². The molecule has 19 heavy (non-hydrogen) atoms. The van der Waals surface area contributed by atoms with Crippen LogP contribution < -0.4 is 15.8 Å². The van der Waals surface area contributed by atoms with E-state index in [1.165, 1.54) is 7.11 Å². The molecule has 0 aliphatic heterocycles. The van der Waals surface area contributed by atoms with E-state index in [0.29, 0.717) is 22.9 Å². The zero-order valence-corrected chi connectivity index (χ0v) is 12.2. The second-order valence-corrected chi connectivity index (χ2v) is 4.83. The Kier molecular flexibility index (Phi) is 6.67. The summed E-state index contributed by atoms with van der Waals surface area (Å²) in [4.78, 5) is 12.2. The summed E-state index contributed by atoms with van der Waals surface area (Å²) in [6, 6.07) is 4.94. The van der Waals surface area contributed by atoms with Crippen LogP contribution >= 0.6 is 11.6 Å². The molecule has 3 N–H and O–H groups in total. The van der Waals surface area contributed by atoms with Crippen LogP contribution in [0.15, 0.2) is 18.2 Å². The second-order valence-electron chi connectivity index (χ2n) is 4.39. The quantitative estimate of drug-likeness (QED) is 0.809. The highest BCUT2D eigenvalue weighted by atomic mass is 35.5. The number of hydrogen-bond acceptors (Lipinski definition) is 3. The van der Waals surface area contributed by atoms with Gasteiger partial charge in [0.2, 0.25) is 0 Å². The van der Waals surface area contributed by atoms with Gasteiger partial charge in [-0.15, -0.1) is 0 Å². The van der Waals surface area contributed by atoms with E-state index in [1.54, 1.807) is 18.2 Å². The number of rotatable bonds is 7. The molecule has 4 nitrogen and oxygen atoms in total. The predicted octanol–water partition coefficient (Wildman–Crippen LogP) is 2.60. The molecule has 0 radical (unpaired) electrons. The average Bonchev–Trinajstić information content (AvgIpc) is 2.42. The number of unbranched alkanes of at least 4 members (excludes halogenated alkanes) is 1. The maximum absolute atomic E-state index is 12.2. The first-order valence-corrected chi connectivity index (χ1v) is 6.84. The van der Waals surface area contributed by atoms with Gasteiger partial charge in [-0.3, -0.25) is 4.79 Å². The first-order chi connectivity index (χ1) is 9.12. The Labute approximate surface area is 119 Å². The summed E-state index contributed by atoms with van der Waals surface area (Å²) in [6.45, 7) is 2.54.